The summed E-state index contributed by atoms with van der Waals surface area (Å²) in [6, 6.07) is 6.32. The molecular weight excluding hydrogens is 328 g/mol. The Bertz CT molecular complexity index is 631. The summed E-state index contributed by atoms with van der Waals surface area (Å²) in [4.78, 5) is 35.0. The van der Waals surface area contributed by atoms with Crippen molar-refractivity contribution in [3.63, 3.8) is 0 Å². The normalized spacial score (nSPS) is 15.4. The molecule has 1 aliphatic heterocycles. The van der Waals surface area contributed by atoms with Crippen molar-refractivity contribution < 1.29 is 28.6 Å². The van der Waals surface area contributed by atoms with Crippen molar-refractivity contribution in [3.05, 3.63) is 24.3 Å². The van der Waals surface area contributed by atoms with Gasteiger partial charge in [-0.15, -0.1) is 0 Å². The Labute approximate surface area is 145 Å². The molecule has 1 atom stereocenters. The molecule has 25 heavy (non-hydrogen) atoms. The van der Waals surface area contributed by atoms with Gasteiger partial charge in [0, 0.05) is 6.54 Å². The van der Waals surface area contributed by atoms with E-state index in [2.05, 4.69) is 10.6 Å². The van der Waals surface area contributed by atoms with E-state index in [-0.39, 0.29) is 6.61 Å². The first-order valence-electron chi connectivity index (χ1n) is 8.08. The third kappa shape index (κ3) is 5.98. The minimum absolute atomic E-state index is 0.00679. The van der Waals surface area contributed by atoms with E-state index >= 15 is 0 Å². The zero-order valence-electron chi connectivity index (χ0n) is 14.2. The first-order chi connectivity index (χ1) is 12.0. The fourth-order valence-electron chi connectivity index (χ4n) is 2.05. The van der Waals surface area contributed by atoms with Crippen LogP contribution in [0.4, 0.5) is 4.79 Å². The number of imide groups is 1. The van der Waals surface area contributed by atoms with E-state index in [0.29, 0.717) is 24.0 Å². The van der Waals surface area contributed by atoms with Gasteiger partial charge in [-0.2, -0.15) is 0 Å². The van der Waals surface area contributed by atoms with Crippen LogP contribution >= 0.6 is 0 Å². The van der Waals surface area contributed by atoms with Gasteiger partial charge in [-0.1, -0.05) is 26.0 Å². The van der Waals surface area contributed by atoms with Gasteiger partial charge in [-0.3, -0.25) is 10.1 Å². The Balaban J connectivity index is 1.69. The number of benzene rings is 1. The van der Waals surface area contributed by atoms with Crippen molar-refractivity contribution >= 4 is 17.9 Å². The number of hydrogen-bond acceptors (Lipinski definition) is 6. The molecular formula is C17H22N2O6. The molecule has 0 spiro atoms. The van der Waals surface area contributed by atoms with Crippen molar-refractivity contribution in [1.29, 1.82) is 0 Å². The number of amides is 3. The molecule has 0 aliphatic carbocycles. The highest BCUT2D eigenvalue weighted by molar-refractivity contribution is 5.95. The number of hydrogen-bond donors (Lipinski definition) is 2. The van der Waals surface area contributed by atoms with Gasteiger partial charge in [-0.25, -0.2) is 9.59 Å². The average molecular weight is 350 g/mol. The lowest BCUT2D eigenvalue weighted by molar-refractivity contribution is -0.157. The molecule has 8 heteroatoms. The van der Waals surface area contributed by atoms with E-state index in [1.165, 1.54) is 0 Å². The van der Waals surface area contributed by atoms with Gasteiger partial charge < -0.3 is 19.5 Å². The molecule has 1 aromatic rings. The monoisotopic (exact) mass is 350 g/mol. The van der Waals surface area contributed by atoms with Crippen molar-refractivity contribution in [2.24, 2.45) is 5.92 Å². The number of carbonyl (C=O) groups is 3. The maximum Gasteiger partial charge on any atom is 0.351 e. The first kappa shape index (κ1) is 18.6. The van der Waals surface area contributed by atoms with Crippen molar-refractivity contribution in [3.8, 4) is 11.5 Å². The van der Waals surface area contributed by atoms with Crippen molar-refractivity contribution in [2.45, 2.75) is 26.4 Å². The number of carbonyl (C=O) groups excluding carboxylic acids is 3. The second kappa shape index (κ2) is 8.91. The predicted molar refractivity (Wildman–Crippen MR) is 88.3 cm³/mol. The molecule has 0 aromatic heterocycles. The third-order valence-corrected chi connectivity index (χ3v) is 3.38. The second-order valence-corrected chi connectivity index (χ2v) is 5.96. The van der Waals surface area contributed by atoms with E-state index in [4.69, 9.17) is 14.2 Å². The third-order valence-electron chi connectivity index (χ3n) is 3.38. The van der Waals surface area contributed by atoms with Crippen LogP contribution in [0.5, 0.6) is 11.5 Å². The highest BCUT2D eigenvalue weighted by atomic mass is 16.6. The van der Waals surface area contributed by atoms with Gasteiger partial charge in [0.2, 0.25) is 6.10 Å². The SMILES string of the molecule is CC(C)CCNC(=O)NC(=O)COC(=O)C1COc2ccccc2O1. The van der Waals surface area contributed by atoms with Gasteiger partial charge in [0.1, 0.15) is 6.61 Å². The molecule has 136 valence electrons. The summed E-state index contributed by atoms with van der Waals surface area (Å²) < 4.78 is 15.7. The Morgan fingerprint density at radius 2 is 1.96 bits per heavy atom. The molecule has 0 radical (unpaired) electrons. The van der Waals surface area contributed by atoms with Gasteiger partial charge in [0.15, 0.2) is 18.1 Å². The molecule has 0 fully saturated rings. The number of para-hydroxylation sites is 2. The van der Waals surface area contributed by atoms with Crippen LogP contribution in [0.3, 0.4) is 0 Å². The summed E-state index contributed by atoms with van der Waals surface area (Å²) in [6.07, 6.45) is -0.153. The molecule has 1 unspecified atom stereocenters. The number of esters is 1. The molecule has 1 aromatic carbocycles. The number of ether oxygens (including phenoxy) is 3. The lowest BCUT2D eigenvalue weighted by atomic mass is 10.1. The maximum atomic E-state index is 11.9. The second-order valence-electron chi connectivity index (χ2n) is 5.96. The summed E-state index contributed by atoms with van der Waals surface area (Å²) >= 11 is 0. The fraction of sp³-hybridized carbons (Fsp3) is 0.471. The molecule has 0 bridgehead atoms. The summed E-state index contributed by atoms with van der Waals surface area (Å²) in [5, 5.41) is 4.64. The van der Waals surface area contributed by atoms with Crippen LogP contribution < -0.4 is 20.1 Å². The minimum Gasteiger partial charge on any atom is -0.485 e. The van der Waals surface area contributed by atoms with Crippen LogP contribution in [0.15, 0.2) is 24.3 Å². The Morgan fingerprint density at radius 1 is 1.24 bits per heavy atom. The minimum atomic E-state index is -0.956. The van der Waals surface area contributed by atoms with E-state index < -0.39 is 30.6 Å². The average Bonchev–Trinajstić information content (AvgIpc) is 2.58. The van der Waals surface area contributed by atoms with Crippen molar-refractivity contribution in [1.82, 2.24) is 10.6 Å². The van der Waals surface area contributed by atoms with Gasteiger partial charge in [-0.05, 0) is 24.5 Å². The van der Waals surface area contributed by atoms with Crippen LogP contribution in [0.25, 0.3) is 0 Å². The number of rotatable bonds is 6. The van der Waals surface area contributed by atoms with E-state index in [9.17, 15) is 14.4 Å². The summed E-state index contributed by atoms with van der Waals surface area (Å²) in [5.74, 6) is -0.0239. The molecule has 2 N–H and O–H groups in total. The van der Waals surface area contributed by atoms with Crippen molar-refractivity contribution in [2.75, 3.05) is 19.8 Å². The number of nitrogens with one attached hydrogen (secondary N) is 2. The number of fused-ring (bicyclic) bond motifs is 1. The predicted octanol–water partition coefficient (Wildman–Crippen LogP) is 1.24. The topological polar surface area (TPSA) is 103 Å². The number of urea groups is 1. The molecule has 2 rings (SSSR count). The molecule has 3 amide bonds. The van der Waals surface area contributed by atoms with Crippen LogP contribution in [0.2, 0.25) is 0 Å². The van der Waals surface area contributed by atoms with Gasteiger partial charge in [0.05, 0.1) is 0 Å². The van der Waals surface area contributed by atoms with E-state index in [1.54, 1.807) is 24.3 Å². The highest BCUT2D eigenvalue weighted by Gasteiger charge is 2.29. The standard InChI is InChI=1S/C17H22N2O6/c1-11(2)7-8-18-17(22)19-15(20)10-24-16(21)14-9-23-12-5-3-4-6-13(12)25-14/h3-6,11,14H,7-10H2,1-2H3,(H2,18,19,20,22). The largest absolute Gasteiger partial charge is 0.485 e. The zero-order valence-corrected chi connectivity index (χ0v) is 14.2. The lowest BCUT2D eigenvalue weighted by Gasteiger charge is -2.24. The lowest BCUT2D eigenvalue weighted by Crippen LogP contribution is -2.43. The summed E-state index contributed by atoms with van der Waals surface area (Å²) in [6.45, 7) is 3.94. The van der Waals surface area contributed by atoms with Crippen LogP contribution in [-0.2, 0) is 14.3 Å². The first-order valence-corrected chi connectivity index (χ1v) is 8.08. The van der Waals surface area contributed by atoms with E-state index in [0.717, 1.165) is 6.42 Å². The fourth-order valence-corrected chi connectivity index (χ4v) is 2.05. The van der Waals surface area contributed by atoms with Crippen LogP contribution in [0.1, 0.15) is 20.3 Å². The van der Waals surface area contributed by atoms with Gasteiger partial charge in [0.25, 0.3) is 5.91 Å². The van der Waals surface area contributed by atoms with E-state index in [1.807, 2.05) is 13.8 Å². The molecule has 0 saturated heterocycles. The molecule has 0 saturated carbocycles. The zero-order chi connectivity index (χ0) is 18.2. The summed E-state index contributed by atoms with van der Waals surface area (Å²) in [7, 11) is 0. The quantitative estimate of drug-likeness (QED) is 0.748. The molecule has 8 nitrogen and oxygen atoms in total. The molecule has 1 aliphatic rings. The smallest absolute Gasteiger partial charge is 0.351 e. The highest BCUT2D eigenvalue weighted by Crippen LogP contribution is 2.31. The van der Waals surface area contributed by atoms with Crippen LogP contribution in [0, 0.1) is 5.92 Å². The maximum absolute atomic E-state index is 11.9. The molecule has 1 heterocycles. The Hall–Kier alpha value is -2.77. The Morgan fingerprint density at radius 3 is 2.68 bits per heavy atom. The van der Waals surface area contributed by atoms with Gasteiger partial charge >= 0.3 is 12.0 Å². The Kier molecular flexibility index (Phi) is 6.62. The summed E-state index contributed by atoms with van der Waals surface area (Å²) in [5.41, 5.74) is 0. The van der Waals surface area contributed by atoms with Crippen LogP contribution in [-0.4, -0.2) is 43.8 Å².